The number of rotatable bonds is 9. The number of halogens is 1. The molecular formula is C22H27ClN2O3. The van der Waals surface area contributed by atoms with Crippen molar-refractivity contribution in [3.05, 3.63) is 58.6 Å². The number of hydrogen-bond acceptors (Lipinski definition) is 3. The summed E-state index contributed by atoms with van der Waals surface area (Å²) < 4.78 is 5.68. The van der Waals surface area contributed by atoms with E-state index in [1.54, 1.807) is 18.2 Å². The monoisotopic (exact) mass is 402 g/mol. The number of anilines is 1. The number of benzene rings is 2. The van der Waals surface area contributed by atoms with Gasteiger partial charge in [0.1, 0.15) is 5.75 Å². The third kappa shape index (κ3) is 7.24. The third-order valence-corrected chi connectivity index (χ3v) is 4.31. The summed E-state index contributed by atoms with van der Waals surface area (Å²) in [6.45, 7) is 6.35. The molecule has 2 amide bonds. The zero-order valence-electron chi connectivity index (χ0n) is 16.5. The lowest BCUT2D eigenvalue weighted by Gasteiger charge is -2.12. The zero-order valence-corrected chi connectivity index (χ0v) is 17.3. The van der Waals surface area contributed by atoms with Crippen LogP contribution in [0.15, 0.2) is 42.5 Å². The lowest BCUT2D eigenvalue weighted by Crippen LogP contribution is -2.30. The molecule has 0 radical (unpaired) electrons. The Hall–Kier alpha value is -2.53. The predicted molar refractivity (Wildman–Crippen MR) is 113 cm³/mol. The van der Waals surface area contributed by atoms with Crippen molar-refractivity contribution in [3.63, 3.8) is 0 Å². The molecule has 28 heavy (non-hydrogen) atoms. The average Bonchev–Trinajstić information content (AvgIpc) is 2.62. The molecular weight excluding hydrogens is 376 g/mol. The second-order valence-electron chi connectivity index (χ2n) is 6.99. The van der Waals surface area contributed by atoms with Gasteiger partial charge in [-0.25, -0.2) is 0 Å². The van der Waals surface area contributed by atoms with Crippen molar-refractivity contribution in [2.24, 2.45) is 0 Å². The van der Waals surface area contributed by atoms with Crippen LogP contribution in [0.4, 0.5) is 5.69 Å². The van der Waals surface area contributed by atoms with Crippen LogP contribution in [0.25, 0.3) is 0 Å². The molecule has 2 aromatic rings. The summed E-state index contributed by atoms with van der Waals surface area (Å²) in [5.74, 6) is 0.502. The van der Waals surface area contributed by atoms with Crippen molar-refractivity contribution in [2.45, 2.75) is 46.1 Å². The lowest BCUT2D eigenvalue weighted by atomic mass is 10.1. The summed E-state index contributed by atoms with van der Waals surface area (Å²) in [5, 5.41) is 6.00. The molecule has 0 aliphatic carbocycles. The molecule has 0 aliphatic heterocycles. The summed E-state index contributed by atoms with van der Waals surface area (Å²) in [4.78, 5) is 24.3. The first kappa shape index (κ1) is 21.8. The Kier molecular flexibility index (Phi) is 8.33. The Morgan fingerprint density at radius 3 is 2.61 bits per heavy atom. The summed E-state index contributed by atoms with van der Waals surface area (Å²) in [7, 11) is 0. The van der Waals surface area contributed by atoms with Gasteiger partial charge in [-0.05, 0) is 69.5 Å². The molecule has 0 atom stereocenters. The van der Waals surface area contributed by atoms with Crippen LogP contribution in [0.1, 0.15) is 49.0 Å². The smallest absolute Gasteiger partial charge is 0.251 e. The van der Waals surface area contributed by atoms with Gasteiger partial charge in [0.2, 0.25) is 5.91 Å². The number of ether oxygens (including phenoxy) is 1. The first-order valence-electron chi connectivity index (χ1n) is 9.45. The van der Waals surface area contributed by atoms with Gasteiger partial charge < -0.3 is 15.4 Å². The van der Waals surface area contributed by atoms with Gasteiger partial charge in [0, 0.05) is 18.0 Å². The van der Waals surface area contributed by atoms with Gasteiger partial charge in [0.15, 0.2) is 0 Å². The van der Waals surface area contributed by atoms with Gasteiger partial charge in [-0.3, -0.25) is 9.59 Å². The normalized spacial score (nSPS) is 10.6. The average molecular weight is 403 g/mol. The predicted octanol–water partition coefficient (Wildman–Crippen LogP) is 4.97. The summed E-state index contributed by atoms with van der Waals surface area (Å²) in [5.41, 5.74) is 2.05. The van der Waals surface area contributed by atoms with Gasteiger partial charge in [0.05, 0.1) is 17.3 Å². The molecule has 0 bridgehead atoms. The van der Waals surface area contributed by atoms with Crippen molar-refractivity contribution in [2.75, 3.05) is 11.9 Å². The fourth-order valence-corrected chi connectivity index (χ4v) is 2.77. The number of nitrogens with one attached hydrogen (secondary N) is 2. The number of amides is 2. The van der Waals surface area contributed by atoms with E-state index in [1.165, 1.54) is 0 Å². The first-order chi connectivity index (χ1) is 13.3. The van der Waals surface area contributed by atoms with Crippen LogP contribution in [0.5, 0.6) is 5.75 Å². The number of aryl methyl sites for hydroxylation is 1. The summed E-state index contributed by atoms with van der Waals surface area (Å²) >= 11 is 6.15. The van der Waals surface area contributed by atoms with Crippen molar-refractivity contribution >= 4 is 29.1 Å². The molecule has 2 aromatic carbocycles. The molecule has 2 N–H and O–H groups in total. The minimum Gasteiger partial charge on any atom is -0.494 e. The van der Waals surface area contributed by atoms with Crippen LogP contribution in [0, 0.1) is 6.92 Å². The molecule has 0 saturated carbocycles. The molecule has 0 fully saturated rings. The minimum atomic E-state index is -0.199. The van der Waals surface area contributed by atoms with Crippen LogP contribution < -0.4 is 15.4 Å². The zero-order chi connectivity index (χ0) is 20.5. The van der Waals surface area contributed by atoms with E-state index < -0.39 is 0 Å². The van der Waals surface area contributed by atoms with E-state index in [-0.39, 0.29) is 17.9 Å². The van der Waals surface area contributed by atoms with Crippen LogP contribution in [0.2, 0.25) is 5.02 Å². The molecule has 2 rings (SSSR count). The maximum atomic E-state index is 12.2. The van der Waals surface area contributed by atoms with Crippen LogP contribution in [-0.4, -0.2) is 24.5 Å². The highest BCUT2D eigenvalue weighted by Gasteiger charge is 2.12. The van der Waals surface area contributed by atoms with Crippen LogP contribution in [-0.2, 0) is 4.79 Å². The van der Waals surface area contributed by atoms with Gasteiger partial charge in [-0.15, -0.1) is 0 Å². The van der Waals surface area contributed by atoms with E-state index in [4.69, 9.17) is 16.3 Å². The number of carbonyl (C=O) groups excluding carboxylic acids is 2. The second kappa shape index (κ2) is 10.7. The number of unbranched alkanes of at least 4 members (excludes halogenated alkanes) is 1. The van der Waals surface area contributed by atoms with Gasteiger partial charge in [0.25, 0.3) is 5.91 Å². The third-order valence-electron chi connectivity index (χ3n) is 3.98. The summed E-state index contributed by atoms with van der Waals surface area (Å²) in [6.07, 6.45) is 1.82. The van der Waals surface area contributed by atoms with E-state index in [0.717, 1.165) is 17.7 Å². The Labute approximate surface area is 171 Å². The molecule has 0 heterocycles. The molecule has 150 valence electrons. The Bertz CT molecular complexity index is 821. The standard InChI is InChI=1S/C22H27ClN2O3/c1-15(2)24-22(27)17-10-11-19(23)20(14-17)25-21(26)9-4-5-12-28-18-8-6-7-16(3)13-18/h6-8,10-11,13-15H,4-5,9,12H2,1-3H3,(H,24,27)(H,25,26). The van der Waals surface area contributed by atoms with Gasteiger partial charge >= 0.3 is 0 Å². The topological polar surface area (TPSA) is 67.4 Å². The minimum absolute atomic E-state index is 0.0308. The molecule has 0 saturated heterocycles. The van der Waals surface area contributed by atoms with E-state index >= 15 is 0 Å². The molecule has 6 heteroatoms. The molecule has 0 aliphatic rings. The van der Waals surface area contributed by atoms with E-state index in [0.29, 0.717) is 35.7 Å². The number of hydrogen-bond donors (Lipinski definition) is 2. The maximum Gasteiger partial charge on any atom is 0.251 e. The van der Waals surface area contributed by atoms with Crippen molar-refractivity contribution in [1.29, 1.82) is 0 Å². The fourth-order valence-electron chi connectivity index (χ4n) is 2.60. The van der Waals surface area contributed by atoms with Crippen molar-refractivity contribution in [1.82, 2.24) is 5.32 Å². The lowest BCUT2D eigenvalue weighted by molar-refractivity contribution is -0.116. The molecule has 0 aromatic heterocycles. The summed E-state index contributed by atoms with van der Waals surface area (Å²) in [6, 6.07) is 12.8. The van der Waals surface area contributed by atoms with E-state index in [1.807, 2.05) is 45.0 Å². The fraction of sp³-hybridized carbons (Fsp3) is 0.364. The largest absolute Gasteiger partial charge is 0.494 e. The maximum absolute atomic E-state index is 12.2. The van der Waals surface area contributed by atoms with Gasteiger partial charge in [-0.1, -0.05) is 23.7 Å². The molecule has 0 spiro atoms. The number of carbonyl (C=O) groups is 2. The molecule has 5 nitrogen and oxygen atoms in total. The first-order valence-corrected chi connectivity index (χ1v) is 9.82. The Morgan fingerprint density at radius 2 is 1.89 bits per heavy atom. The Balaban J connectivity index is 1.78. The van der Waals surface area contributed by atoms with Crippen molar-refractivity contribution < 1.29 is 14.3 Å². The highest BCUT2D eigenvalue weighted by atomic mass is 35.5. The highest BCUT2D eigenvalue weighted by molar-refractivity contribution is 6.33. The molecule has 0 unspecified atom stereocenters. The second-order valence-corrected chi connectivity index (χ2v) is 7.40. The van der Waals surface area contributed by atoms with Gasteiger partial charge in [-0.2, -0.15) is 0 Å². The van der Waals surface area contributed by atoms with E-state index in [2.05, 4.69) is 10.6 Å². The van der Waals surface area contributed by atoms with Crippen LogP contribution >= 0.6 is 11.6 Å². The highest BCUT2D eigenvalue weighted by Crippen LogP contribution is 2.23. The SMILES string of the molecule is Cc1cccc(OCCCCC(=O)Nc2cc(C(=O)NC(C)C)ccc2Cl)c1. The van der Waals surface area contributed by atoms with Crippen LogP contribution in [0.3, 0.4) is 0 Å². The Morgan fingerprint density at radius 1 is 1.11 bits per heavy atom. The van der Waals surface area contributed by atoms with E-state index in [9.17, 15) is 9.59 Å². The van der Waals surface area contributed by atoms with Crippen molar-refractivity contribution in [3.8, 4) is 5.75 Å². The quantitative estimate of drug-likeness (QED) is 0.581.